The van der Waals surface area contributed by atoms with E-state index >= 15 is 0 Å². The van der Waals surface area contributed by atoms with Crippen molar-refractivity contribution in [2.75, 3.05) is 13.1 Å². The first-order valence-corrected chi connectivity index (χ1v) is 10.8. The van der Waals surface area contributed by atoms with Gasteiger partial charge in [-0.25, -0.2) is 8.42 Å². The summed E-state index contributed by atoms with van der Waals surface area (Å²) in [5, 5.41) is 4.68. The molecule has 1 atom stereocenters. The largest absolute Gasteiger partial charge is 0.352 e. The van der Waals surface area contributed by atoms with Gasteiger partial charge in [-0.2, -0.15) is 4.31 Å². The number of carbonyl (C=O) groups is 1. The second kappa shape index (κ2) is 8.12. The van der Waals surface area contributed by atoms with Crippen molar-refractivity contribution in [3.8, 4) is 0 Å². The van der Waals surface area contributed by atoms with Crippen LogP contribution in [0.5, 0.6) is 0 Å². The minimum atomic E-state index is -3.43. The van der Waals surface area contributed by atoms with Crippen LogP contribution in [0.3, 0.4) is 0 Å². The van der Waals surface area contributed by atoms with Crippen LogP contribution >= 0.6 is 11.3 Å². The molecule has 1 saturated heterocycles. The Morgan fingerprint density at radius 1 is 1.16 bits per heavy atom. The molecule has 2 heterocycles. The Kier molecular flexibility index (Phi) is 5.88. The highest BCUT2D eigenvalue weighted by Crippen LogP contribution is 2.29. The van der Waals surface area contributed by atoms with E-state index in [1.807, 2.05) is 18.2 Å². The molecule has 0 bridgehead atoms. The number of carbonyl (C=O) groups excluding carboxylic acids is 1. The Hall–Kier alpha value is -1.70. The lowest BCUT2D eigenvalue weighted by Gasteiger charge is -2.34. The number of rotatable bonds is 6. The maximum Gasteiger partial charge on any atom is 0.252 e. The molecule has 0 aliphatic carbocycles. The van der Waals surface area contributed by atoms with Gasteiger partial charge >= 0.3 is 0 Å². The standard InChI is InChI=1S/C18H22N2O3S2/c21-18(15-7-2-1-3-8-15)19-12-11-16-9-4-5-13-20(16)25(22,23)17-10-6-14-24-17/h1-3,6-8,10,14,16H,4-5,9,11-13H2,(H,19,21). The average Bonchev–Trinajstić information content (AvgIpc) is 3.18. The second-order valence-corrected chi connectivity index (χ2v) is 9.17. The molecule has 0 saturated carbocycles. The molecule has 3 rings (SSSR count). The van der Waals surface area contributed by atoms with Gasteiger partial charge in [0.15, 0.2) is 0 Å². The van der Waals surface area contributed by atoms with Gasteiger partial charge in [0.1, 0.15) is 4.21 Å². The van der Waals surface area contributed by atoms with Crippen molar-refractivity contribution in [2.24, 2.45) is 0 Å². The Morgan fingerprint density at radius 3 is 2.68 bits per heavy atom. The van der Waals surface area contributed by atoms with Gasteiger partial charge in [-0.05, 0) is 42.8 Å². The van der Waals surface area contributed by atoms with Crippen LogP contribution in [-0.4, -0.2) is 37.8 Å². The first kappa shape index (κ1) is 18.1. The first-order valence-electron chi connectivity index (χ1n) is 8.47. The van der Waals surface area contributed by atoms with Gasteiger partial charge < -0.3 is 5.32 Å². The van der Waals surface area contributed by atoms with Crippen molar-refractivity contribution in [3.63, 3.8) is 0 Å². The normalized spacial score (nSPS) is 18.8. The van der Waals surface area contributed by atoms with E-state index in [-0.39, 0.29) is 11.9 Å². The maximum absolute atomic E-state index is 12.8. The smallest absolute Gasteiger partial charge is 0.252 e. The average molecular weight is 379 g/mol. The molecule has 0 radical (unpaired) electrons. The zero-order valence-corrected chi connectivity index (χ0v) is 15.6. The van der Waals surface area contributed by atoms with Gasteiger partial charge in [0.05, 0.1) is 0 Å². The number of sulfonamides is 1. The van der Waals surface area contributed by atoms with E-state index in [1.54, 1.807) is 34.0 Å². The summed E-state index contributed by atoms with van der Waals surface area (Å²) in [6, 6.07) is 12.4. The molecule has 5 nitrogen and oxygen atoms in total. The van der Waals surface area contributed by atoms with Crippen molar-refractivity contribution >= 4 is 27.3 Å². The monoisotopic (exact) mass is 378 g/mol. The fourth-order valence-electron chi connectivity index (χ4n) is 3.15. The SMILES string of the molecule is O=C(NCCC1CCCCN1S(=O)(=O)c1cccs1)c1ccccc1. The quantitative estimate of drug-likeness (QED) is 0.840. The number of nitrogens with one attached hydrogen (secondary N) is 1. The molecule has 1 aliphatic rings. The highest BCUT2D eigenvalue weighted by Gasteiger charge is 2.33. The highest BCUT2D eigenvalue weighted by molar-refractivity contribution is 7.91. The fourth-order valence-corrected chi connectivity index (χ4v) is 5.99. The van der Waals surface area contributed by atoms with Gasteiger partial charge in [0, 0.05) is 24.7 Å². The summed E-state index contributed by atoms with van der Waals surface area (Å²) in [4.78, 5) is 12.1. The third-order valence-electron chi connectivity index (χ3n) is 4.43. The second-order valence-electron chi connectivity index (χ2n) is 6.11. The number of amides is 1. The Morgan fingerprint density at radius 2 is 1.96 bits per heavy atom. The first-order chi connectivity index (χ1) is 12.1. The molecule has 134 valence electrons. The summed E-state index contributed by atoms with van der Waals surface area (Å²) in [6.07, 6.45) is 3.38. The van der Waals surface area contributed by atoms with Crippen molar-refractivity contribution in [3.05, 3.63) is 53.4 Å². The van der Waals surface area contributed by atoms with E-state index in [0.717, 1.165) is 19.3 Å². The summed E-state index contributed by atoms with van der Waals surface area (Å²) >= 11 is 1.25. The third kappa shape index (κ3) is 4.29. The van der Waals surface area contributed by atoms with Gasteiger partial charge in [-0.1, -0.05) is 30.7 Å². The fraction of sp³-hybridized carbons (Fsp3) is 0.389. The number of hydrogen-bond acceptors (Lipinski definition) is 4. The zero-order chi connectivity index (χ0) is 17.7. The lowest BCUT2D eigenvalue weighted by atomic mass is 10.0. The van der Waals surface area contributed by atoms with Crippen molar-refractivity contribution in [1.29, 1.82) is 0 Å². The van der Waals surface area contributed by atoms with Crippen molar-refractivity contribution in [1.82, 2.24) is 9.62 Å². The molecule has 0 spiro atoms. The van der Waals surface area contributed by atoms with Crippen LogP contribution in [0.2, 0.25) is 0 Å². The molecule has 1 N–H and O–H groups in total. The molecule has 2 aromatic rings. The Balaban J connectivity index is 1.61. The minimum Gasteiger partial charge on any atom is -0.352 e. The predicted molar refractivity (Wildman–Crippen MR) is 99.2 cm³/mol. The minimum absolute atomic E-state index is 0.0584. The summed E-state index contributed by atoms with van der Waals surface area (Å²) in [5.74, 6) is -0.121. The summed E-state index contributed by atoms with van der Waals surface area (Å²) in [5.41, 5.74) is 0.620. The van der Waals surface area contributed by atoms with Gasteiger partial charge in [0.2, 0.25) is 0 Å². The van der Waals surface area contributed by atoms with E-state index in [9.17, 15) is 13.2 Å². The van der Waals surface area contributed by atoms with E-state index in [0.29, 0.717) is 29.3 Å². The molecular weight excluding hydrogens is 356 g/mol. The summed E-state index contributed by atoms with van der Waals surface area (Å²) in [6.45, 7) is 1.02. The van der Waals surface area contributed by atoms with Crippen molar-refractivity contribution < 1.29 is 13.2 Å². The molecule has 7 heteroatoms. The Labute approximate surface area is 152 Å². The molecule has 1 aromatic heterocycles. The molecule has 1 aliphatic heterocycles. The van der Waals surface area contributed by atoms with Crippen LogP contribution in [0.25, 0.3) is 0 Å². The van der Waals surface area contributed by atoms with Crippen LogP contribution in [0.15, 0.2) is 52.1 Å². The molecular formula is C18H22N2O3S2. The van der Waals surface area contributed by atoms with Crippen LogP contribution in [0.1, 0.15) is 36.0 Å². The number of nitrogens with zero attached hydrogens (tertiary/aromatic N) is 1. The zero-order valence-electron chi connectivity index (χ0n) is 13.9. The number of thiophene rings is 1. The molecule has 1 unspecified atom stereocenters. The van der Waals surface area contributed by atoms with Crippen LogP contribution in [-0.2, 0) is 10.0 Å². The van der Waals surface area contributed by atoms with E-state index in [2.05, 4.69) is 5.32 Å². The predicted octanol–water partition coefficient (Wildman–Crippen LogP) is 3.11. The molecule has 1 amide bonds. The molecule has 25 heavy (non-hydrogen) atoms. The van der Waals surface area contributed by atoms with Gasteiger partial charge in [0.25, 0.3) is 15.9 Å². The maximum atomic E-state index is 12.8. The van der Waals surface area contributed by atoms with Gasteiger partial charge in [-0.15, -0.1) is 11.3 Å². The molecule has 1 aromatic carbocycles. The number of hydrogen-bond donors (Lipinski definition) is 1. The van der Waals surface area contributed by atoms with E-state index in [4.69, 9.17) is 0 Å². The Bertz CT molecular complexity index is 789. The lowest BCUT2D eigenvalue weighted by Crippen LogP contribution is -2.44. The molecule has 1 fully saturated rings. The van der Waals surface area contributed by atoms with E-state index < -0.39 is 10.0 Å². The lowest BCUT2D eigenvalue weighted by molar-refractivity contribution is 0.0949. The van der Waals surface area contributed by atoms with Crippen LogP contribution in [0, 0.1) is 0 Å². The van der Waals surface area contributed by atoms with Crippen molar-refractivity contribution in [2.45, 2.75) is 35.9 Å². The van der Waals surface area contributed by atoms with Crippen LogP contribution in [0.4, 0.5) is 0 Å². The number of benzene rings is 1. The van der Waals surface area contributed by atoms with Gasteiger partial charge in [-0.3, -0.25) is 4.79 Å². The highest BCUT2D eigenvalue weighted by atomic mass is 32.2. The topological polar surface area (TPSA) is 66.5 Å². The summed E-state index contributed by atoms with van der Waals surface area (Å²) < 4.78 is 27.7. The van der Waals surface area contributed by atoms with E-state index in [1.165, 1.54) is 11.3 Å². The third-order valence-corrected chi connectivity index (χ3v) is 7.76. The summed E-state index contributed by atoms with van der Waals surface area (Å²) in [7, 11) is -3.43. The number of piperidine rings is 1. The van der Waals surface area contributed by atoms with Crippen LogP contribution < -0.4 is 5.32 Å².